The summed E-state index contributed by atoms with van der Waals surface area (Å²) >= 11 is 0. The van der Waals surface area contributed by atoms with Crippen LogP contribution in [0.25, 0.3) is 11.2 Å². The topological polar surface area (TPSA) is 117 Å². The molecule has 0 radical (unpaired) electrons. The molecule has 1 amide bonds. The summed E-state index contributed by atoms with van der Waals surface area (Å²) in [5, 5.41) is 2.87. The molecule has 0 aliphatic carbocycles. The van der Waals surface area contributed by atoms with Crippen molar-refractivity contribution in [1.29, 1.82) is 0 Å². The van der Waals surface area contributed by atoms with Gasteiger partial charge in [-0.1, -0.05) is 13.8 Å². The molecule has 2 rings (SSSR count). The summed E-state index contributed by atoms with van der Waals surface area (Å²) in [6.07, 6.45) is 2.17. The van der Waals surface area contributed by atoms with Crippen molar-refractivity contribution in [2.75, 3.05) is 6.54 Å². The van der Waals surface area contributed by atoms with E-state index in [1.165, 1.54) is 29.6 Å². The molecule has 3 N–H and O–H groups in total. The van der Waals surface area contributed by atoms with Gasteiger partial charge in [-0.2, -0.15) is 0 Å². The fourth-order valence-corrected chi connectivity index (χ4v) is 2.73. The third-order valence-electron chi connectivity index (χ3n) is 3.94. The average Bonchev–Trinajstić information content (AvgIpc) is 2.93. The van der Waals surface area contributed by atoms with E-state index in [0.717, 1.165) is 11.0 Å². The summed E-state index contributed by atoms with van der Waals surface area (Å²) in [7, 11) is 2.93. The van der Waals surface area contributed by atoms with Crippen molar-refractivity contribution in [3.63, 3.8) is 0 Å². The predicted octanol–water partition coefficient (Wildman–Crippen LogP) is -0.655. The van der Waals surface area contributed by atoms with Crippen LogP contribution in [-0.4, -0.2) is 37.2 Å². The van der Waals surface area contributed by atoms with Crippen LogP contribution in [0.15, 0.2) is 15.9 Å². The van der Waals surface area contributed by atoms with Gasteiger partial charge in [-0.05, 0) is 12.3 Å². The standard InChI is InChI=1S/C15H24N6O3.ClH/c1-9(2)5-10(6-16)18-11(22)7-21-8-17-13-12(21)14(23)20(4)15(24)19(13)3;/h8-10H,5-7,16H2,1-4H3,(H,18,22);1H. The first-order chi connectivity index (χ1) is 11.3. The highest BCUT2D eigenvalue weighted by Gasteiger charge is 2.17. The lowest BCUT2D eigenvalue weighted by Crippen LogP contribution is -2.43. The summed E-state index contributed by atoms with van der Waals surface area (Å²) in [6, 6.07) is -0.112. The molecule has 0 saturated heterocycles. The molecule has 0 saturated carbocycles. The van der Waals surface area contributed by atoms with E-state index < -0.39 is 11.2 Å². The quantitative estimate of drug-likeness (QED) is 0.698. The van der Waals surface area contributed by atoms with Crippen LogP contribution in [0.2, 0.25) is 0 Å². The second-order valence-electron chi connectivity index (χ2n) is 6.38. The number of nitrogens with two attached hydrogens (primary N) is 1. The van der Waals surface area contributed by atoms with E-state index in [4.69, 9.17) is 5.73 Å². The number of amides is 1. The molecular weight excluding hydrogens is 348 g/mol. The molecule has 140 valence electrons. The number of fused-ring (bicyclic) bond motifs is 1. The number of nitrogens with one attached hydrogen (secondary N) is 1. The molecule has 10 heteroatoms. The van der Waals surface area contributed by atoms with E-state index in [1.807, 2.05) is 0 Å². The molecule has 2 heterocycles. The highest BCUT2D eigenvalue weighted by atomic mass is 35.5. The molecule has 0 aliphatic rings. The zero-order valence-corrected chi connectivity index (χ0v) is 15.7. The van der Waals surface area contributed by atoms with Crippen molar-refractivity contribution in [3.05, 3.63) is 27.2 Å². The van der Waals surface area contributed by atoms with Crippen LogP contribution in [0.4, 0.5) is 0 Å². The first-order valence-electron chi connectivity index (χ1n) is 7.86. The minimum atomic E-state index is -0.476. The van der Waals surface area contributed by atoms with Crippen LogP contribution in [0.5, 0.6) is 0 Å². The summed E-state index contributed by atoms with van der Waals surface area (Å²) < 4.78 is 3.74. The van der Waals surface area contributed by atoms with Crippen LogP contribution in [0, 0.1) is 5.92 Å². The lowest BCUT2D eigenvalue weighted by molar-refractivity contribution is -0.122. The van der Waals surface area contributed by atoms with E-state index in [-0.39, 0.29) is 42.1 Å². The van der Waals surface area contributed by atoms with Gasteiger partial charge in [-0.25, -0.2) is 9.78 Å². The van der Waals surface area contributed by atoms with Gasteiger partial charge in [0.05, 0.1) is 6.33 Å². The molecule has 0 spiro atoms. The minimum Gasteiger partial charge on any atom is -0.351 e. The number of carbonyl (C=O) groups excluding carboxylic acids is 1. The van der Waals surface area contributed by atoms with Crippen LogP contribution < -0.4 is 22.3 Å². The molecule has 9 nitrogen and oxygen atoms in total. The fourth-order valence-electron chi connectivity index (χ4n) is 2.73. The first kappa shape index (κ1) is 20.9. The van der Waals surface area contributed by atoms with Crippen LogP contribution >= 0.6 is 12.4 Å². The molecule has 0 aliphatic heterocycles. The Kier molecular flexibility index (Phi) is 6.95. The normalized spacial score (nSPS) is 12.2. The maximum absolute atomic E-state index is 12.3. The van der Waals surface area contributed by atoms with E-state index in [0.29, 0.717) is 12.5 Å². The second-order valence-corrected chi connectivity index (χ2v) is 6.38. The van der Waals surface area contributed by atoms with E-state index in [9.17, 15) is 14.4 Å². The Bertz CT molecular complexity index is 866. The Morgan fingerprint density at radius 3 is 2.48 bits per heavy atom. The summed E-state index contributed by atoms with van der Waals surface area (Å²) in [5.74, 6) is 0.163. The van der Waals surface area contributed by atoms with Crippen LogP contribution in [-0.2, 0) is 25.4 Å². The van der Waals surface area contributed by atoms with Gasteiger partial charge in [0.15, 0.2) is 11.2 Å². The van der Waals surface area contributed by atoms with E-state index in [1.54, 1.807) is 0 Å². The highest BCUT2D eigenvalue weighted by molar-refractivity contribution is 5.85. The van der Waals surface area contributed by atoms with Crippen molar-refractivity contribution < 1.29 is 4.79 Å². The maximum Gasteiger partial charge on any atom is 0.332 e. The van der Waals surface area contributed by atoms with Crippen molar-refractivity contribution >= 4 is 29.5 Å². The molecule has 0 bridgehead atoms. The van der Waals surface area contributed by atoms with Gasteiger partial charge >= 0.3 is 5.69 Å². The average molecular weight is 373 g/mol. The summed E-state index contributed by atoms with van der Waals surface area (Å²) in [6.45, 7) is 4.41. The number of nitrogens with zero attached hydrogens (tertiary/aromatic N) is 4. The van der Waals surface area contributed by atoms with Crippen LogP contribution in [0.1, 0.15) is 20.3 Å². The lowest BCUT2D eigenvalue weighted by Gasteiger charge is -2.19. The number of hydrogen-bond donors (Lipinski definition) is 2. The smallest absolute Gasteiger partial charge is 0.332 e. The largest absolute Gasteiger partial charge is 0.351 e. The zero-order valence-electron chi connectivity index (χ0n) is 14.9. The molecule has 1 unspecified atom stereocenters. The highest BCUT2D eigenvalue weighted by Crippen LogP contribution is 2.06. The third-order valence-corrected chi connectivity index (χ3v) is 3.94. The van der Waals surface area contributed by atoms with Gasteiger partial charge < -0.3 is 15.6 Å². The molecule has 2 aromatic heterocycles. The lowest BCUT2D eigenvalue weighted by atomic mass is 10.0. The Hall–Kier alpha value is -2.13. The van der Waals surface area contributed by atoms with E-state index >= 15 is 0 Å². The molecule has 0 fully saturated rings. The van der Waals surface area contributed by atoms with Crippen molar-refractivity contribution in [2.24, 2.45) is 25.7 Å². The SMILES string of the molecule is CC(C)CC(CN)NC(=O)Cn1cnc2c1c(=O)n(C)c(=O)n2C.Cl. The molecule has 1 atom stereocenters. The number of aromatic nitrogens is 4. The molecule has 25 heavy (non-hydrogen) atoms. The Morgan fingerprint density at radius 1 is 1.28 bits per heavy atom. The van der Waals surface area contributed by atoms with Gasteiger partial charge in [0, 0.05) is 26.7 Å². The number of aryl methyl sites for hydroxylation is 1. The number of halogens is 1. The Labute approximate surface area is 151 Å². The van der Waals surface area contributed by atoms with Crippen molar-refractivity contribution in [1.82, 2.24) is 24.0 Å². The van der Waals surface area contributed by atoms with Gasteiger partial charge in [0.25, 0.3) is 5.56 Å². The molecule has 2 aromatic rings. The number of imidazole rings is 1. The van der Waals surface area contributed by atoms with Gasteiger partial charge in [0.2, 0.25) is 5.91 Å². The molecule has 0 aromatic carbocycles. The predicted molar refractivity (Wildman–Crippen MR) is 97.9 cm³/mol. The first-order valence-corrected chi connectivity index (χ1v) is 7.86. The number of hydrogen-bond acceptors (Lipinski definition) is 5. The molecular formula is C15H25ClN6O3. The Balaban J connectivity index is 0.00000312. The minimum absolute atomic E-state index is 0. The van der Waals surface area contributed by atoms with Crippen LogP contribution in [0.3, 0.4) is 0 Å². The second kappa shape index (κ2) is 8.30. The van der Waals surface area contributed by atoms with Gasteiger partial charge in [-0.3, -0.25) is 18.7 Å². The summed E-state index contributed by atoms with van der Waals surface area (Å²) in [5.41, 5.74) is 5.24. The van der Waals surface area contributed by atoms with Crippen molar-refractivity contribution in [2.45, 2.75) is 32.9 Å². The fraction of sp³-hybridized carbons (Fsp3) is 0.600. The van der Waals surface area contributed by atoms with Gasteiger partial charge in [0.1, 0.15) is 6.54 Å². The monoisotopic (exact) mass is 372 g/mol. The third kappa shape index (κ3) is 4.29. The number of rotatable bonds is 6. The Morgan fingerprint density at radius 2 is 1.92 bits per heavy atom. The van der Waals surface area contributed by atoms with Crippen molar-refractivity contribution in [3.8, 4) is 0 Å². The van der Waals surface area contributed by atoms with Gasteiger partial charge in [-0.15, -0.1) is 12.4 Å². The zero-order chi connectivity index (χ0) is 18.0. The van der Waals surface area contributed by atoms with E-state index in [2.05, 4.69) is 24.1 Å². The number of carbonyl (C=O) groups is 1. The maximum atomic E-state index is 12.3. The summed E-state index contributed by atoms with van der Waals surface area (Å²) in [4.78, 5) is 40.6.